The van der Waals surface area contributed by atoms with E-state index in [1.165, 1.54) is 0 Å². The molecule has 0 aliphatic carbocycles. The fourth-order valence-electron chi connectivity index (χ4n) is 1.16. The van der Waals surface area contributed by atoms with Gasteiger partial charge in [-0.25, -0.2) is 0 Å². The molecule has 4 heteroatoms. The lowest BCUT2D eigenvalue weighted by atomic mass is 10.2. The van der Waals surface area contributed by atoms with Crippen LogP contribution in [-0.2, 0) is 16.1 Å². The highest BCUT2D eigenvalue weighted by Crippen LogP contribution is 2.10. The molecule has 4 nitrogen and oxygen atoms in total. The van der Waals surface area contributed by atoms with Crippen LogP contribution in [0.1, 0.15) is 19.4 Å². The molecule has 0 unspecified atom stereocenters. The van der Waals surface area contributed by atoms with Crippen LogP contribution < -0.4 is 11.1 Å². The third-order valence-corrected chi connectivity index (χ3v) is 2.01. The quantitative estimate of drug-likeness (QED) is 0.793. The maximum atomic E-state index is 11.0. The van der Waals surface area contributed by atoms with Crippen LogP contribution in [0.5, 0.6) is 0 Å². The number of hydrogen-bond acceptors (Lipinski definition) is 3. The zero-order valence-corrected chi connectivity index (χ0v) is 9.69. The smallest absolute Gasteiger partial charge is 0.238 e. The summed E-state index contributed by atoms with van der Waals surface area (Å²) >= 11 is 0. The van der Waals surface area contributed by atoms with E-state index in [2.05, 4.69) is 5.32 Å². The van der Waals surface area contributed by atoms with Gasteiger partial charge in [0.2, 0.25) is 5.91 Å². The van der Waals surface area contributed by atoms with Crippen LogP contribution in [0.2, 0.25) is 0 Å². The van der Waals surface area contributed by atoms with Crippen molar-refractivity contribution >= 4 is 11.6 Å². The van der Waals surface area contributed by atoms with Crippen molar-refractivity contribution in [3.05, 3.63) is 29.8 Å². The maximum Gasteiger partial charge on any atom is 0.238 e. The molecule has 0 aliphatic heterocycles. The molecule has 1 aromatic carbocycles. The third kappa shape index (κ3) is 4.42. The molecule has 1 aromatic rings. The van der Waals surface area contributed by atoms with E-state index in [-0.39, 0.29) is 18.6 Å². The molecule has 0 saturated heterocycles. The van der Waals surface area contributed by atoms with Gasteiger partial charge in [0.1, 0.15) is 0 Å². The molecule has 0 radical (unpaired) electrons. The number of hydrogen-bond donors (Lipinski definition) is 2. The van der Waals surface area contributed by atoms with Crippen molar-refractivity contribution in [2.75, 3.05) is 11.9 Å². The van der Waals surface area contributed by atoms with Crippen LogP contribution in [-0.4, -0.2) is 18.6 Å². The van der Waals surface area contributed by atoms with Gasteiger partial charge < -0.3 is 15.8 Å². The fourth-order valence-corrected chi connectivity index (χ4v) is 1.16. The van der Waals surface area contributed by atoms with Gasteiger partial charge in [-0.15, -0.1) is 0 Å². The molecule has 0 atom stereocenters. The minimum atomic E-state index is -0.189. The van der Waals surface area contributed by atoms with Crippen LogP contribution in [0, 0.1) is 0 Å². The van der Waals surface area contributed by atoms with Crippen molar-refractivity contribution in [2.45, 2.75) is 26.6 Å². The molecule has 1 rings (SSSR count). The van der Waals surface area contributed by atoms with Crippen LogP contribution in [0.3, 0.4) is 0 Å². The topological polar surface area (TPSA) is 64.3 Å². The lowest BCUT2D eigenvalue weighted by molar-refractivity contribution is -0.114. The van der Waals surface area contributed by atoms with Gasteiger partial charge in [-0.3, -0.25) is 4.79 Å². The van der Waals surface area contributed by atoms with Crippen molar-refractivity contribution in [1.82, 2.24) is 0 Å². The standard InChI is InChI=1S/C12H18N2O2/c1-9(2)16-8-10-3-5-11(6-4-10)14-12(15)7-13/h3-6,9H,7-8,13H2,1-2H3,(H,14,15). The van der Waals surface area contributed by atoms with Gasteiger partial charge in [0.15, 0.2) is 0 Å². The summed E-state index contributed by atoms with van der Waals surface area (Å²) < 4.78 is 5.46. The van der Waals surface area contributed by atoms with Crippen molar-refractivity contribution < 1.29 is 9.53 Å². The summed E-state index contributed by atoms with van der Waals surface area (Å²) in [5.41, 5.74) is 7.04. The Morgan fingerprint density at radius 2 is 2.00 bits per heavy atom. The SMILES string of the molecule is CC(C)OCc1ccc(NC(=O)CN)cc1. The first-order valence-corrected chi connectivity index (χ1v) is 5.32. The fraction of sp³-hybridized carbons (Fsp3) is 0.417. The van der Waals surface area contributed by atoms with Crippen molar-refractivity contribution in [2.24, 2.45) is 5.73 Å². The van der Waals surface area contributed by atoms with Gasteiger partial charge in [-0.2, -0.15) is 0 Å². The average molecular weight is 222 g/mol. The van der Waals surface area contributed by atoms with E-state index in [1.54, 1.807) is 0 Å². The normalized spacial score (nSPS) is 10.5. The summed E-state index contributed by atoms with van der Waals surface area (Å²) in [6.07, 6.45) is 0.219. The van der Waals surface area contributed by atoms with Crippen molar-refractivity contribution in [1.29, 1.82) is 0 Å². The summed E-state index contributed by atoms with van der Waals surface area (Å²) in [5, 5.41) is 2.68. The minimum absolute atomic E-state index is 0.00177. The highest BCUT2D eigenvalue weighted by molar-refractivity contribution is 5.92. The number of carbonyl (C=O) groups is 1. The second-order valence-corrected chi connectivity index (χ2v) is 3.81. The molecule has 16 heavy (non-hydrogen) atoms. The predicted molar refractivity (Wildman–Crippen MR) is 64.1 cm³/mol. The number of benzene rings is 1. The van der Waals surface area contributed by atoms with Crippen molar-refractivity contribution in [3.8, 4) is 0 Å². The van der Waals surface area contributed by atoms with Crippen molar-refractivity contribution in [3.63, 3.8) is 0 Å². The van der Waals surface area contributed by atoms with E-state index in [0.717, 1.165) is 11.3 Å². The Balaban J connectivity index is 2.51. The van der Waals surface area contributed by atoms with E-state index in [9.17, 15) is 4.79 Å². The first kappa shape index (κ1) is 12.7. The Kier molecular flexibility index (Phi) is 4.95. The van der Waals surface area contributed by atoms with Crippen LogP contribution >= 0.6 is 0 Å². The highest BCUT2D eigenvalue weighted by atomic mass is 16.5. The van der Waals surface area contributed by atoms with E-state index in [0.29, 0.717) is 6.61 Å². The van der Waals surface area contributed by atoms with Gasteiger partial charge in [0.05, 0.1) is 19.3 Å². The number of ether oxygens (including phenoxy) is 1. The van der Waals surface area contributed by atoms with Gasteiger partial charge in [0, 0.05) is 5.69 Å². The third-order valence-electron chi connectivity index (χ3n) is 2.01. The molecule has 0 aromatic heterocycles. The molecule has 88 valence electrons. The van der Waals surface area contributed by atoms with Gasteiger partial charge >= 0.3 is 0 Å². The monoisotopic (exact) mass is 222 g/mol. The summed E-state index contributed by atoms with van der Waals surface area (Å²) in [5.74, 6) is -0.189. The number of anilines is 1. The van der Waals surface area contributed by atoms with E-state index in [4.69, 9.17) is 10.5 Å². The van der Waals surface area contributed by atoms with Crippen LogP contribution in [0.4, 0.5) is 5.69 Å². The highest BCUT2D eigenvalue weighted by Gasteiger charge is 2.00. The van der Waals surface area contributed by atoms with E-state index < -0.39 is 0 Å². The zero-order chi connectivity index (χ0) is 12.0. The molecule has 0 spiro atoms. The second kappa shape index (κ2) is 6.25. The number of amides is 1. The predicted octanol–water partition coefficient (Wildman–Crippen LogP) is 1.51. The van der Waals surface area contributed by atoms with Gasteiger partial charge in [0.25, 0.3) is 0 Å². The van der Waals surface area contributed by atoms with E-state index >= 15 is 0 Å². The zero-order valence-electron chi connectivity index (χ0n) is 9.69. The molecule has 0 fully saturated rings. The lowest BCUT2D eigenvalue weighted by Crippen LogP contribution is -2.21. The number of nitrogens with two attached hydrogens (primary N) is 1. The first-order chi connectivity index (χ1) is 7.61. The molecule has 0 aliphatic rings. The largest absolute Gasteiger partial charge is 0.374 e. The molecular formula is C12H18N2O2. The summed E-state index contributed by atoms with van der Waals surface area (Å²) in [4.78, 5) is 11.0. The Labute approximate surface area is 95.8 Å². The summed E-state index contributed by atoms with van der Waals surface area (Å²) in [7, 11) is 0. The Hall–Kier alpha value is -1.39. The molecular weight excluding hydrogens is 204 g/mol. The Bertz CT molecular complexity index is 333. The van der Waals surface area contributed by atoms with Gasteiger partial charge in [-0.05, 0) is 31.5 Å². The average Bonchev–Trinajstić information content (AvgIpc) is 2.28. The van der Waals surface area contributed by atoms with Crippen LogP contribution in [0.25, 0.3) is 0 Å². The Morgan fingerprint density at radius 1 is 1.38 bits per heavy atom. The van der Waals surface area contributed by atoms with E-state index in [1.807, 2.05) is 38.1 Å². The number of rotatable bonds is 5. The maximum absolute atomic E-state index is 11.0. The number of nitrogens with one attached hydrogen (secondary N) is 1. The first-order valence-electron chi connectivity index (χ1n) is 5.32. The van der Waals surface area contributed by atoms with Crippen LogP contribution in [0.15, 0.2) is 24.3 Å². The second-order valence-electron chi connectivity index (χ2n) is 3.81. The van der Waals surface area contributed by atoms with Gasteiger partial charge in [-0.1, -0.05) is 12.1 Å². The minimum Gasteiger partial charge on any atom is -0.374 e. The number of carbonyl (C=O) groups excluding carboxylic acids is 1. The summed E-state index contributed by atoms with van der Waals surface area (Å²) in [6.45, 7) is 4.58. The summed E-state index contributed by atoms with van der Waals surface area (Å²) in [6, 6.07) is 7.53. The lowest BCUT2D eigenvalue weighted by Gasteiger charge is -2.08. The molecule has 0 bridgehead atoms. The molecule has 0 heterocycles. The molecule has 1 amide bonds. The molecule has 0 saturated carbocycles. The Morgan fingerprint density at radius 3 is 2.50 bits per heavy atom. The molecule has 3 N–H and O–H groups in total.